The summed E-state index contributed by atoms with van der Waals surface area (Å²) in [6, 6.07) is 6.61. The largest absolute Gasteiger partial charge is 0.355 e. The summed E-state index contributed by atoms with van der Waals surface area (Å²) in [6.07, 6.45) is 0.287. The van der Waals surface area contributed by atoms with E-state index >= 15 is 0 Å². The van der Waals surface area contributed by atoms with Crippen molar-refractivity contribution in [3.8, 4) is 0 Å². The molecule has 0 radical (unpaired) electrons. The molecule has 17 heavy (non-hydrogen) atoms. The first-order chi connectivity index (χ1) is 7.97. The molecule has 0 heterocycles. The van der Waals surface area contributed by atoms with Crippen LogP contribution in [0.2, 0.25) is 0 Å². The van der Waals surface area contributed by atoms with Crippen LogP contribution >= 0.6 is 11.6 Å². The van der Waals surface area contributed by atoms with E-state index in [9.17, 15) is 9.18 Å². The summed E-state index contributed by atoms with van der Waals surface area (Å²) in [5.74, 6) is -0.0557. The van der Waals surface area contributed by atoms with Gasteiger partial charge in [-0.05, 0) is 11.6 Å². The number of amides is 1. The van der Waals surface area contributed by atoms with Crippen LogP contribution in [-0.2, 0) is 10.2 Å². The molecule has 0 aliphatic rings. The number of alkyl halides is 1. The lowest BCUT2D eigenvalue weighted by molar-refractivity contribution is -0.120. The van der Waals surface area contributed by atoms with Crippen LogP contribution in [0.3, 0.4) is 0 Å². The lowest BCUT2D eigenvalue weighted by Crippen LogP contribution is -2.37. The van der Waals surface area contributed by atoms with Gasteiger partial charge in [-0.2, -0.15) is 0 Å². The number of benzene rings is 1. The predicted octanol–water partition coefficient (Wildman–Crippen LogP) is 2.85. The summed E-state index contributed by atoms with van der Waals surface area (Å²) in [7, 11) is 0. The SMILES string of the molecule is CC(C)(CNC(=O)CCCl)c1ccccc1F. The molecule has 1 N–H and O–H groups in total. The average molecular weight is 258 g/mol. The number of carbonyl (C=O) groups excluding carboxylic acids is 1. The van der Waals surface area contributed by atoms with Crippen LogP contribution < -0.4 is 5.32 Å². The van der Waals surface area contributed by atoms with E-state index < -0.39 is 5.41 Å². The number of halogens is 2. The molecule has 0 bridgehead atoms. The quantitative estimate of drug-likeness (QED) is 0.808. The van der Waals surface area contributed by atoms with Crippen LogP contribution in [-0.4, -0.2) is 18.3 Å². The van der Waals surface area contributed by atoms with Gasteiger partial charge >= 0.3 is 0 Å². The van der Waals surface area contributed by atoms with Crippen molar-refractivity contribution >= 4 is 17.5 Å². The molecule has 0 aliphatic carbocycles. The van der Waals surface area contributed by atoms with Crippen LogP contribution in [0.4, 0.5) is 4.39 Å². The highest BCUT2D eigenvalue weighted by Gasteiger charge is 2.24. The number of hydrogen-bond donors (Lipinski definition) is 1. The Labute approximate surface area is 106 Å². The second kappa shape index (κ2) is 6.01. The van der Waals surface area contributed by atoms with Gasteiger partial charge in [0.25, 0.3) is 0 Å². The van der Waals surface area contributed by atoms with Gasteiger partial charge in [0.05, 0.1) is 0 Å². The second-order valence-electron chi connectivity index (χ2n) is 4.58. The fraction of sp³-hybridized carbons (Fsp3) is 0.462. The van der Waals surface area contributed by atoms with Crippen molar-refractivity contribution in [2.75, 3.05) is 12.4 Å². The summed E-state index contributed by atoms with van der Waals surface area (Å²) >= 11 is 5.47. The Morgan fingerprint density at radius 2 is 2.06 bits per heavy atom. The summed E-state index contributed by atoms with van der Waals surface area (Å²) in [6.45, 7) is 4.18. The van der Waals surface area contributed by atoms with E-state index in [1.807, 2.05) is 13.8 Å². The minimum absolute atomic E-state index is 0.107. The molecular weight excluding hydrogens is 241 g/mol. The number of nitrogens with one attached hydrogen (secondary N) is 1. The molecule has 1 aromatic rings. The first-order valence-electron chi connectivity index (χ1n) is 5.55. The van der Waals surface area contributed by atoms with E-state index in [4.69, 9.17) is 11.6 Å². The Hall–Kier alpha value is -1.09. The summed E-state index contributed by atoms with van der Waals surface area (Å²) < 4.78 is 13.6. The molecule has 1 aromatic carbocycles. The topological polar surface area (TPSA) is 29.1 Å². The molecule has 0 spiro atoms. The number of rotatable bonds is 5. The molecule has 0 saturated heterocycles. The monoisotopic (exact) mass is 257 g/mol. The minimum atomic E-state index is -0.437. The average Bonchev–Trinajstić information content (AvgIpc) is 2.27. The Kier molecular flexibility index (Phi) is 4.94. The van der Waals surface area contributed by atoms with Gasteiger partial charge < -0.3 is 5.32 Å². The van der Waals surface area contributed by atoms with E-state index in [1.54, 1.807) is 18.2 Å². The first-order valence-corrected chi connectivity index (χ1v) is 6.08. The van der Waals surface area contributed by atoms with Crippen LogP contribution in [0.1, 0.15) is 25.8 Å². The summed E-state index contributed by atoms with van der Waals surface area (Å²) in [5, 5.41) is 2.76. The molecule has 0 fully saturated rings. The zero-order valence-corrected chi connectivity index (χ0v) is 10.9. The molecule has 94 valence electrons. The van der Waals surface area contributed by atoms with Gasteiger partial charge in [-0.3, -0.25) is 4.79 Å². The Bertz CT molecular complexity index is 393. The van der Waals surface area contributed by atoms with Gasteiger partial charge in [-0.15, -0.1) is 11.6 Å². The van der Waals surface area contributed by atoms with Crippen molar-refractivity contribution in [3.63, 3.8) is 0 Å². The predicted molar refractivity (Wildman–Crippen MR) is 67.8 cm³/mol. The van der Waals surface area contributed by atoms with Gasteiger partial charge in [0, 0.05) is 24.3 Å². The molecule has 1 rings (SSSR count). The van der Waals surface area contributed by atoms with Gasteiger partial charge in [0.2, 0.25) is 5.91 Å². The van der Waals surface area contributed by atoms with Crippen LogP contribution in [0, 0.1) is 5.82 Å². The summed E-state index contributed by atoms with van der Waals surface area (Å²) in [5.41, 5.74) is 0.166. The lowest BCUT2D eigenvalue weighted by atomic mass is 9.84. The van der Waals surface area contributed by atoms with Crippen molar-refractivity contribution in [2.45, 2.75) is 25.7 Å². The Morgan fingerprint density at radius 3 is 2.65 bits per heavy atom. The van der Waals surface area contributed by atoms with Crippen molar-refractivity contribution in [1.29, 1.82) is 0 Å². The van der Waals surface area contributed by atoms with Crippen LogP contribution in [0.5, 0.6) is 0 Å². The first kappa shape index (κ1) is 14.0. The number of hydrogen-bond acceptors (Lipinski definition) is 1. The Morgan fingerprint density at radius 1 is 1.41 bits per heavy atom. The van der Waals surface area contributed by atoms with Gasteiger partial charge in [-0.1, -0.05) is 32.0 Å². The molecule has 0 aliphatic heterocycles. The Balaban J connectivity index is 2.69. The molecule has 4 heteroatoms. The molecule has 0 atom stereocenters. The van der Waals surface area contributed by atoms with Crippen LogP contribution in [0.15, 0.2) is 24.3 Å². The zero-order chi connectivity index (χ0) is 12.9. The van der Waals surface area contributed by atoms with E-state index in [-0.39, 0.29) is 18.1 Å². The third kappa shape index (κ3) is 4.00. The smallest absolute Gasteiger partial charge is 0.221 e. The second-order valence-corrected chi connectivity index (χ2v) is 4.96. The maximum absolute atomic E-state index is 13.6. The lowest BCUT2D eigenvalue weighted by Gasteiger charge is -2.26. The standard InChI is InChI=1S/C13H17ClFNO/c1-13(2,9-16-12(17)7-8-14)10-5-3-4-6-11(10)15/h3-6H,7-9H2,1-2H3,(H,16,17). The molecule has 0 saturated carbocycles. The highest BCUT2D eigenvalue weighted by atomic mass is 35.5. The molecule has 2 nitrogen and oxygen atoms in total. The number of carbonyl (C=O) groups is 1. The van der Waals surface area contributed by atoms with Gasteiger partial charge in [0.15, 0.2) is 0 Å². The van der Waals surface area contributed by atoms with E-state index in [0.717, 1.165) is 0 Å². The minimum Gasteiger partial charge on any atom is -0.355 e. The maximum Gasteiger partial charge on any atom is 0.221 e. The zero-order valence-electron chi connectivity index (χ0n) is 10.1. The molecule has 1 amide bonds. The van der Waals surface area contributed by atoms with E-state index in [0.29, 0.717) is 18.0 Å². The fourth-order valence-electron chi connectivity index (χ4n) is 1.60. The fourth-order valence-corrected chi connectivity index (χ4v) is 1.77. The maximum atomic E-state index is 13.6. The highest BCUT2D eigenvalue weighted by Crippen LogP contribution is 2.24. The normalized spacial score (nSPS) is 11.3. The third-order valence-electron chi connectivity index (χ3n) is 2.65. The van der Waals surface area contributed by atoms with E-state index in [1.165, 1.54) is 6.07 Å². The summed E-state index contributed by atoms with van der Waals surface area (Å²) in [4.78, 5) is 11.3. The van der Waals surface area contributed by atoms with Crippen molar-refractivity contribution in [3.05, 3.63) is 35.6 Å². The third-order valence-corrected chi connectivity index (χ3v) is 2.84. The van der Waals surface area contributed by atoms with E-state index in [2.05, 4.69) is 5.32 Å². The van der Waals surface area contributed by atoms with Gasteiger partial charge in [-0.25, -0.2) is 4.39 Å². The molecule has 0 aromatic heterocycles. The van der Waals surface area contributed by atoms with Crippen molar-refractivity contribution in [2.24, 2.45) is 0 Å². The van der Waals surface area contributed by atoms with Crippen molar-refractivity contribution < 1.29 is 9.18 Å². The molecular formula is C13H17ClFNO. The van der Waals surface area contributed by atoms with Crippen LogP contribution in [0.25, 0.3) is 0 Å². The van der Waals surface area contributed by atoms with Crippen molar-refractivity contribution in [1.82, 2.24) is 5.32 Å². The highest BCUT2D eigenvalue weighted by molar-refractivity contribution is 6.18. The molecule has 0 unspecified atom stereocenters. The van der Waals surface area contributed by atoms with Gasteiger partial charge in [0.1, 0.15) is 5.82 Å².